The SMILES string of the molecule is O=C(NCc1nn(C2CCCCO2)c2ccccc12)c1cncc(Cc2ccc(N3CCCC3=O)cc2)c1. The van der Waals surface area contributed by atoms with Crippen LogP contribution in [0.25, 0.3) is 10.9 Å². The molecule has 2 aliphatic rings. The van der Waals surface area contributed by atoms with Gasteiger partial charge in [-0.3, -0.25) is 14.6 Å². The highest BCUT2D eigenvalue weighted by Gasteiger charge is 2.22. The summed E-state index contributed by atoms with van der Waals surface area (Å²) >= 11 is 0. The highest BCUT2D eigenvalue weighted by molar-refractivity contribution is 5.95. The number of benzene rings is 2. The first-order valence-electron chi connectivity index (χ1n) is 13.3. The molecule has 0 spiro atoms. The van der Waals surface area contributed by atoms with Gasteiger partial charge in [-0.15, -0.1) is 0 Å². The number of carbonyl (C=O) groups is 2. The van der Waals surface area contributed by atoms with Gasteiger partial charge in [0.15, 0.2) is 6.23 Å². The van der Waals surface area contributed by atoms with Crippen LogP contribution >= 0.6 is 0 Å². The van der Waals surface area contributed by atoms with Crippen LogP contribution in [0.1, 0.15) is 65.5 Å². The summed E-state index contributed by atoms with van der Waals surface area (Å²) < 4.78 is 7.93. The topological polar surface area (TPSA) is 89.3 Å². The van der Waals surface area contributed by atoms with Gasteiger partial charge in [0.05, 0.1) is 23.3 Å². The lowest BCUT2D eigenvalue weighted by atomic mass is 10.0. The lowest BCUT2D eigenvalue weighted by molar-refractivity contribution is -0.117. The fraction of sp³-hybridized carbons (Fsp3) is 0.333. The number of aromatic nitrogens is 3. The molecular weight excluding hydrogens is 478 g/mol. The molecule has 8 heteroatoms. The predicted molar refractivity (Wildman–Crippen MR) is 145 cm³/mol. The lowest BCUT2D eigenvalue weighted by Crippen LogP contribution is -2.24. The van der Waals surface area contributed by atoms with Gasteiger partial charge in [-0.1, -0.05) is 30.3 Å². The van der Waals surface area contributed by atoms with Gasteiger partial charge in [-0.05, 0) is 67.5 Å². The summed E-state index contributed by atoms with van der Waals surface area (Å²) in [6.45, 7) is 1.85. The van der Waals surface area contributed by atoms with Crippen LogP contribution in [0.4, 0.5) is 5.69 Å². The van der Waals surface area contributed by atoms with Gasteiger partial charge in [0, 0.05) is 43.0 Å². The first-order valence-corrected chi connectivity index (χ1v) is 13.3. The maximum Gasteiger partial charge on any atom is 0.253 e. The molecule has 8 nitrogen and oxygen atoms in total. The van der Waals surface area contributed by atoms with Gasteiger partial charge in [-0.2, -0.15) is 5.10 Å². The number of fused-ring (bicyclic) bond motifs is 1. The van der Waals surface area contributed by atoms with Crippen molar-refractivity contribution >= 4 is 28.4 Å². The first kappa shape index (κ1) is 24.3. The van der Waals surface area contributed by atoms with E-state index in [1.54, 1.807) is 12.4 Å². The minimum absolute atomic E-state index is 0.0658. The Labute approximate surface area is 221 Å². The molecule has 0 radical (unpaired) electrons. The number of para-hydroxylation sites is 1. The van der Waals surface area contributed by atoms with E-state index in [-0.39, 0.29) is 18.0 Å². The van der Waals surface area contributed by atoms with E-state index in [0.717, 1.165) is 72.2 Å². The summed E-state index contributed by atoms with van der Waals surface area (Å²) in [6, 6.07) is 18.0. The number of rotatable bonds is 7. The molecule has 1 atom stereocenters. The Morgan fingerprint density at radius 3 is 2.68 bits per heavy atom. The van der Waals surface area contributed by atoms with Crippen LogP contribution in [0.3, 0.4) is 0 Å². The molecule has 2 aliphatic heterocycles. The van der Waals surface area contributed by atoms with Crippen molar-refractivity contribution in [2.45, 2.75) is 51.3 Å². The van der Waals surface area contributed by atoms with Crippen LogP contribution in [0.5, 0.6) is 0 Å². The maximum atomic E-state index is 13.0. The third-order valence-corrected chi connectivity index (χ3v) is 7.32. The normalized spacial score (nSPS) is 17.7. The molecule has 0 saturated carbocycles. The molecule has 6 rings (SSSR count). The lowest BCUT2D eigenvalue weighted by Gasteiger charge is -2.23. The average molecular weight is 510 g/mol. The van der Waals surface area contributed by atoms with Crippen molar-refractivity contribution in [3.63, 3.8) is 0 Å². The maximum absolute atomic E-state index is 13.0. The molecule has 2 saturated heterocycles. The monoisotopic (exact) mass is 509 g/mol. The molecule has 1 N–H and O–H groups in total. The van der Waals surface area contributed by atoms with Crippen LogP contribution in [0, 0.1) is 0 Å². The third kappa shape index (κ3) is 5.04. The smallest absolute Gasteiger partial charge is 0.253 e. The van der Waals surface area contributed by atoms with Crippen LogP contribution in [-0.4, -0.2) is 39.7 Å². The van der Waals surface area contributed by atoms with E-state index in [0.29, 0.717) is 24.9 Å². The van der Waals surface area contributed by atoms with E-state index in [1.807, 2.05) is 58.1 Å². The van der Waals surface area contributed by atoms with Crippen molar-refractivity contribution in [3.05, 3.63) is 89.4 Å². The number of pyridine rings is 1. The molecular formula is C30H31N5O3. The van der Waals surface area contributed by atoms with E-state index >= 15 is 0 Å². The first-order chi connectivity index (χ1) is 18.7. The number of anilines is 1. The largest absolute Gasteiger partial charge is 0.356 e. The number of hydrogen-bond acceptors (Lipinski definition) is 5. The molecule has 2 fully saturated rings. The van der Waals surface area contributed by atoms with Crippen molar-refractivity contribution in [2.24, 2.45) is 0 Å². The number of nitrogens with zero attached hydrogens (tertiary/aromatic N) is 4. The highest BCUT2D eigenvalue weighted by atomic mass is 16.5. The van der Waals surface area contributed by atoms with Crippen molar-refractivity contribution in [3.8, 4) is 0 Å². The highest BCUT2D eigenvalue weighted by Crippen LogP contribution is 2.28. The van der Waals surface area contributed by atoms with Crippen LogP contribution in [0.2, 0.25) is 0 Å². The van der Waals surface area contributed by atoms with Crippen LogP contribution in [-0.2, 0) is 22.5 Å². The van der Waals surface area contributed by atoms with Gasteiger partial charge in [-0.25, -0.2) is 4.68 Å². The third-order valence-electron chi connectivity index (χ3n) is 7.32. The van der Waals surface area contributed by atoms with E-state index < -0.39 is 0 Å². The number of nitrogens with one attached hydrogen (secondary N) is 1. The van der Waals surface area contributed by atoms with Gasteiger partial charge < -0.3 is 15.0 Å². The van der Waals surface area contributed by atoms with E-state index in [2.05, 4.69) is 16.4 Å². The Bertz CT molecular complexity index is 1460. The van der Waals surface area contributed by atoms with E-state index in [1.165, 1.54) is 0 Å². The number of amides is 2. The quantitative estimate of drug-likeness (QED) is 0.387. The second-order valence-electron chi connectivity index (χ2n) is 9.99. The molecule has 0 bridgehead atoms. The van der Waals surface area contributed by atoms with Crippen molar-refractivity contribution in [1.29, 1.82) is 0 Å². The number of carbonyl (C=O) groups excluding carboxylic acids is 2. The summed E-state index contributed by atoms with van der Waals surface area (Å²) in [4.78, 5) is 31.2. The standard InChI is InChI=1S/C30H31N5O3/c36-28-8-5-14-34(28)24-12-10-21(11-13-24)16-22-17-23(19-31-18-22)30(37)32-20-26-25-6-1-2-7-27(25)35(33-26)29-9-3-4-15-38-29/h1-2,6-7,10-13,17-19,29H,3-5,8-9,14-16,20H2,(H,32,37). The zero-order valence-corrected chi connectivity index (χ0v) is 21.3. The molecule has 194 valence electrons. The fourth-order valence-electron chi connectivity index (χ4n) is 5.35. The second-order valence-corrected chi connectivity index (χ2v) is 9.99. The zero-order chi connectivity index (χ0) is 25.9. The minimum Gasteiger partial charge on any atom is -0.356 e. The number of hydrogen-bond donors (Lipinski definition) is 1. The Hall–Kier alpha value is -4.04. The fourth-order valence-corrected chi connectivity index (χ4v) is 5.35. The second kappa shape index (κ2) is 10.8. The van der Waals surface area contributed by atoms with Gasteiger partial charge in [0.1, 0.15) is 0 Å². The molecule has 1 unspecified atom stereocenters. The van der Waals surface area contributed by atoms with Crippen LogP contribution in [0.15, 0.2) is 67.0 Å². The Balaban J connectivity index is 1.13. The summed E-state index contributed by atoms with van der Waals surface area (Å²) in [7, 11) is 0. The Morgan fingerprint density at radius 1 is 1.03 bits per heavy atom. The van der Waals surface area contributed by atoms with Crippen molar-refractivity contribution < 1.29 is 14.3 Å². The molecule has 4 aromatic rings. The Kier molecular flexibility index (Phi) is 6.88. The summed E-state index contributed by atoms with van der Waals surface area (Å²) in [5.41, 5.74) is 5.35. The minimum atomic E-state index is -0.185. The van der Waals surface area contributed by atoms with Crippen molar-refractivity contribution in [1.82, 2.24) is 20.1 Å². The molecule has 2 amide bonds. The molecule has 2 aromatic heterocycles. The van der Waals surface area contributed by atoms with Gasteiger partial charge in [0.2, 0.25) is 5.91 Å². The zero-order valence-electron chi connectivity index (χ0n) is 21.3. The van der Waals surface area contributed by atoms with Crippen molar-refractivity contribution in [2.75, 3.05) is 18.1 Å². The summed E-state index contributed by atoms with van der Waals surface area (Å²) in [5, 5.41) is 8.87. The summed E-state index contributed by atoms with van der Waals surface area (Å²) in [6.07, 6.45) is 8.63. The molecule has 0 aliphatic carbocycles. The van der Waals surface area contributed by atoms with Gasteiger partial charge in [0.25, 0.3) is 5.91 Å². The summed E-state index contributed by atoms with van der Waals surface area (Å²) in [5.74, 6) is -0.00228. The van der Waals surface area contributed by atoms with E-state index in [4.69, 9.17) is 9.84 Å². The molecule has 4 heterocycles. The molecule has 38 heavy (non-hydrogen) atoms. The Morgan fingerprint density at radius 2 is 1.89 bits per heavy atom. The molecule has 2 aromatic carbocycles. The predicted octanol–water partition coefficient (Wildman–Crippen LogP) is 4.78. The number of ether oxygens (including phenoxy) is 1. The van der Waals surface area contributed by atoms with E-state index in [9.17, 15) is 9.59 Å². The van der Waals surface area contributed by atoms with Gasteiger partial charge >= 0.3 is 0 Å². The average Bonchev–Trinajstić information content (AvgIpc) is 3.56. The van der Waals surface area contributed by atoms with Crippen LogP contribution < -0.4 is 10.2 Å².